The number of nitrogens with one attached hydrogen (secondary N) is 1. The van der Waals surface area contributed by atoms with Gasteiger partial charge in [0.25, 0.3) is 0 Å². The minimum Gasteiger partial charge on any atom is -0.444 e. The third-order valence-corrected chi connectivity index (χ3v) is 6.46. The Morgan fingerprint density at radius 3 is 2.13 bits per heavy atom. The summed E-state index contributed by atoms with van der Waals surface area (Å²) in [6.07, 6.45) is -1.64. The number of aliphatic hydroxyl groups is 1. The molecular weight excluding hydrogens is 500 g/mol. The first kappa shape index (κ1) is 28.4. The van der Waals surface area contributed by atoms with Crippen LogP contribution in [0.2, 0.25) is 0 Å². The van der Waals surface area contributed by atoms with Gasteiger partial charge in [-0.25, -0.2) is 13.6 Å². The molecule has 1 saturated heterocycles. The lowest BCUT2D eigenvalue weighted by molar-refractivity contribution is -0.0172. The van der Waals surface area contributed by atoms with E-state index in [1.54, 1.807) is 20.8 Å². The van der Waals surface area contributed by atoms with Gasteiger partial charge >= 0.3 is 6.09 Å². The number of rotatable bonds is 7. The van der Waals surface area contributed by atoms with Crippen LogP contribution in [-0.4, -0.2) is 65.2 Å². The topological polar surface area (TPSA) is 74.2 Å². The summed E-state index contributed by atoms with van der Waals surface area (Å²) in [5, 5.41) is 15.0. The monoisotopic (exact) mass is 535 g/mol. The molecule has 206 valence electrons. The molecule has 2 N–H and O–H groups in total. The van der Waals surface area contributed by atoms with Gasteiger partial charge in [-0.05, 0) is 44.9 Å². The van der Waals surface area contributed by atoms with Crippen LogP contribution in [0.15, 0.2) is 83.9 Å². The average Bonchev–Trinajstić information content (AvgIpc) is 2.90. The van der Waals surface area contributed by atoms with E-state index in [0.29, 0.717) is 30.9 Å². The molecule has 1 aliphatic heterocycles. The highest BCUT2D eigenvalue weighted by molar-refractivity contribution is 6.13. The highest BCUT2D eigenvalue weighted by atomic mass is 19.1. The number of carbonyl (C=O) groups excluding carboxylic acids is 1. The predicted molar refractivity (Wildman–Crippen MR) is 148 cm³/mol. The fraction of sp³-hybridized carbons (Fsp3) is 0.355. The first-order valence-corrected chi connectivity index (χ1v) is 13.1. The van der Waals surface area contributed by atoms with Crippen molar-refractivity contribution in [1.82, 2.24) is 10.2 Å². The smallest absolute Gasteiger partial charge is 0.410 e. The number of hydrogen-bond donors (Lipinski definition) is 2. The van der Waals surface area contributed by atoms with Crippen molar-refractivity contribution >= 4 is 11.8 Å². The number of ether oxygens (including phenoxy) is 1. The molecule has 3 aromatic rings. The molecule has 1 unspecified atom stereocenters. The Morgan fingerprint density at radius 2 is 1.59 bits per heavy atom. The molecule has 3 atom stereocenters. The van der Waals surface area contributed by atoms with E-state index in [1.165, 1.54) is 17.0 Å². The van der Waals surface area contributed by atoms with E-state index in [-0.39, 0.29) is 6.42 Å². The summed E-state index contributed by atoms with van der Waals surface area (Å²) in [4.78, 5) is 19.6. The van der Waals surface area contributed by atoms with Crippen LogP contribution in [0.1, 0.15) is 37.5 Å². The van der Waals surface area contributed by atoms with Crippen molar-refractivity contribution in [3.8, 4) is 0 Å². The molecule has 1 amide bonds. The third-order valence-electron chi connectivity index (χ3n) is 6.46. The molecule has 1 heterocycles. The molecule has 0 aromatic heterocycles. The maximum Gasteiger partial charge on any atom is 0.410 e. The summed E-state index contributed by atoms with van der Waals surface area (Å²) in [5.41, 5.74) is 1.94. The Morgan fingerprint density at radius 1 is 1.03 bits per heavy atom. The fourth-order valence-corrected chi connectivity index (χ4v) is 4.72. The van der Waals surface area contributed by atoms with Crippen LogP contribution in [0.3, 0.4) is 0 Å². The van der Waals surface area contributed by atoms with Crippen LogP contribution >= 0.6 is 0 Å². The molecule has 4 rings (SSSR count). The SMILES string of the molecule is CC(C)(C)OC(=O)N1CCNC[C@@H]1[C@@H](O)C(Cc1cc(F)cc(F)c1)N=C(c1ccccc1)c1ccccc1. The van der Waals surface area contributed by atoms with Gasteiger partial charge < -0.3 is 15.2 Å². The summed E-state index contributed by atoms with van der Waals surface area (Å²) >= 11 is 0. The van der Waals surface area contributed by atoms with Gasteiger partial charge in [0.2, 0.25) is 0 Å². The molecule has 1 aliphatic rings. The number of carbonyl (C=O) groups is 1. The zero-order valence-corrected chi connectivity index (χ0v) is 22.5. The third kappa shape index (κ3) is 7.71. The number of nitrogens with zero attached hydrogens (tertiary/aromatic N) is 2. The molecule has 0 radical (unpaired) electrons. The number of aliphatic hydroxyl groups excluding tert-OH is 1. The number of benzene rings is 3. The zero-order chi connectivity index (χ0) is 28.0. The highest BCUT2D eigenvalue weighted by Gasteiger charge is 2.38. The van der Waals surface area contributed by atoms with E-state index in [0.717, 1.165) is 17.2 Å². The van der Waals surface area contributed by atoms with Gasteiger partial charge in [0.1, 0.15) is 17.2 Å². The van der Waals surface area contributed by atoms with E-state index >= 15 is 0 Å². The quantitative estimate of drug-likeness (QED) is 0.419. The van der Waals surface area contributed by atoms with E-state index in [9.17, 15) is 18.7 Å². The van der Waals surface area contributed by atoms with Crippen molar-refractivity contribution in [2.75, 3.05) is 19.6 Å². The predicted octanol–water partition coefficient (Wildman–Crippen LogP) is 4.98. The van der Waals surface area contributed by atoms with Gasteiger partial charge in [0.05, 0.1) is 23.9 Å². The van der Waals surface area contributed by atoms with E-state index in [2.05, 4.69) is 5.32 Å². The molecule has 0 bridgehead atoms. The van der Waals surface area contributed by atoms with Gasteiger partial charge in [-0.15, -0.1) is 0 Å². The summed E-state index contributed by atoms with van der Waals surface area (Å²) in [7, 11) is 0. The molecular formula is C31H35F2N3O3. The summed E-state index contributed by atoms with van der Waals surface area (Å²) in [6.45, 7) is 6.56. The van der Waals surface area contributed by atoms with E-state index < -0.39 is 41.5 Å². The minimum atomic E-state index is -1.17. The van der Waals surface area contributed by atoms with Gasteiger partial charge in [-0.2, -0.15) is 0 Å². The van der Waals surface area contributed by atoms with Crippen LogP contribution in [0.4, 0.5) is 13.6 Å². The van der Waals surface area contributed by atoms with E-state index in [1.807, 2.05) is 60.7 Å². The maximum absolute atomic E-state index is 14.1. The highest BCUT2D eigenvalue weighted by Crippen LogP contribution is 2.23. The van der Waals surface area contributed by atoms with Crippen LogP contribution in [-0.2, 0) is 11.2 Å². The van der Waals surface area contributed by atoms with Crippen LogP contribution in [0.25, 0.3) is 0 Å². The Kier molecular flexibility index (Phi) is 9.09. The summed E-state index contributed by atoms with van der Waals surface area (Å²) in [6, 6.07) is 20.9. The largest absolute Gasteiger partial charge is 0.444 e. The molecule has 39 heavy (non-hydrogen) atoms. The van der Waals surface area contributed by atoms with Crippen molar-refractivity contribution in [2.24, 2.45) is 4.99 Å². The van der Waals surface area contributed by atoms with Crippen molar-refractivity contribution in [3.05, 3.63) is 107 Å². The van der Waals surface area contributed by atoms with Gasteiger partial charge in [0, 0.05) is 36.8 Å². The Balaban J connectivity index is 1.78. The Hall–Kier alpha value is -3.62. The number of aliphatic imine (C=N–C) groups is 1. The lowest BCUT2D eigenvalue weighted by atomic mass is 9.93. The van der Waals surface area contributed by atoms with Crippen LogP contribution in [0, 0.1) is 11.6 Å². The molecule has 0 aliphatic carbocycles. The van der Waals surface area contributed by atoms with Gasteiger partial charge in [-0.3, -0.25) is 9.89 Å². The Labute approximate surface area is 228 Å². The maximum atomic E-state index is 14.1. The first-order valence-electron chi connectivity index (χ1n) is 13.1. The van der Waals surface area contributed by atoms with Crippen LogP contribution in [0.5, 0.6) is 0 Å². The average molecular weight is 536 g/mol. The van der Waals surface area contributed by atoms with Crippen LogP contribution < -0.4 is 5.32 Å². The second-order valence-corrected chi connectivity index (χ2v) is 10.7. The zero-order valence-electron chi connectivity index (χ0n) is 22.5. The number of piperazine rings is 1. The van der Waals surface area contributed by atoms with Gasteiger partial charge in [0.15, 0.2) is 0 Å². The summed E-state index contributed by atoms with van der Waals surface area (Å²) in [5.74, 6) is -1.41. The molecule has 1 fully saturated rings. The number of halogens is 2. The minimum absolute atomic E-state index is 0.0532. The number of hydrogen-bond acceptors (Lipinski definition) is 5. The molecule has 8 heteroatoms. The molecule has 3 aromatic carbocycles. The molecule has 0 spiro atoms. The molecule has 6 nitrogen and oxygen atoms in total. The second kappa shape index (κ2) is 12.5. The van der Waals surface area contributed by atoms with Crippen molar-refractivity contribution < 1.29 is 23.4 Å². The van der Waals surface area contributed by atoms with Gasteiger partial charge in [-0.1, -0.05) is 60.7 Å². The van der Waals surface area contributed by atoms with E-state index in [4.69, 9.17) is 9.73 Å². The van der Waals surface area contributed by atoms with Crippen molar-refractivity contribution in [3.63, 3.8) is 0 Å². The fourth-order valence-electron chi connectivity index (χ4n) is 4.72. The Bertz CT molecular complexity index is 1220. The molecule has 0 saturated carbocycles. The second-order valence-electron chi connectivity index (χ2n) is 10.7. The number of amides is 1. The first-order chi connectivity index (χ1) is 18.6. The lowest BCUT2D eigenvalue weighted by Crippen LogP contribution is -2.61. The standard InChI is InChI=1S/C31H35F2N3O3/c1-31(2,3)39-30(38)36-15-14-34-20-27(36)29(37)26(18-21-16-24(32)19-25(33)17-21)35-28(22-10-6-4-7-11-22)23-12-8-5-9-13-23/h4-13,16-17,19,26-27,29,34,37H,14-15,18,20H2,1-3H3/t26?,27-,29+/m1/s1. The van der Waals surface area contributed by atoms with Crippen molar-refractivity contribution in [2.45, 2.75) is 51.0 Å². The normalized spacial score (nSPS) is 17.3. The van der Waals surface area contributed by atoms with Crippen molar-refractivity contribution in [1.29, 1.82) is 0 Å². The lowest BCUT2D eigenvalue weighted by Gasteiger charge is -2.41. The summed E-state index contributed by atoms with van der Waals surface area (Å²) < 4.78 is 33.9.